The van der Waals surface area contributed by atoms with Gasteiger partial charge in [0.05, 0.1) is 17.1 Å². The maximum atomic E-state index is 14.0. The first-order chi connectivity index (χ1) is 20.5. The van der Waals surface area contributed by atoms with Gasteiger partial charge in [0, 0.05) is 35.8 Å². The summed E-state index contributed by atoms with van der Waals surface area (Å²) in [6.45, 7) is 4.46. The highest BCUT2D eigenvalue weighted by Gasteiger charge is 2.21. The molecular weight excluding hydrogens is 566 g/mol. The molecule has 0 bridgehead atoms. The van der Waals surface area contributed by atoms with E-state index in [9.17, 15) is 14.4 Å². The fourth-order valence-corrected chi connectivity index (χ4v) is 5.23. The van der Waals surface area contributed by atoms with E-state index in [0.717, 1.165) is 10.6 Å². The van der Waals surface area contributed by atoms with Gasteiger partial charge in [-0.15, -0.1) is 11.3 Å². The normalized spacial score (nSPS) is 11.5. The third-order valence-corrected chi connectivity index (χ3v) is 7.81. The van der Waals surface area contributed by atoms with Gasteiger partial charge >= 0.3 is 5.69 Å². The average Bonchev–Trinajstić information content (AvgIpc) is 3.46. The highest BCUT2D eigenvalue weighted by atomic mass is 32.1. The predicted molar refractivity (Wildman–Crippen MR) is 170 cm³/mol. The highest BCUT2D eigenvalue weighted by Crippen LogP contribution is 2.26. The van der Waals surface area contributed by atoms with Crippen molar-refractivity contribution >= 4 is 51.0 Å². The van der Waals surface area contributed by atoms with Crippen molar-refractivity contribution in [3.05, 3.63) is 93.6 Å². The Labute approximate surface area is 251 Å². The molecule has 13 heteroatoms. The molecule has 0 aliphatic heterocycles. The van der Waals surface area contributed by atoms with Crippen LogP contribution in [0.3, 0.4) is 0 Å². The zero-order chi connectivity index (χ0) is 30.8. The van der Waals surface area contributed by atoms with Gasteiger partial charge in [0.25, 0.3) is 5.91 Å². The number of benzene rings is 2. The second-order valence-corrected chi connectivity index (χ2v) is 11.3. The predicted octanol–water partition coefficient (Wildman–Crippen LogP) is 3.56. The summed E-state index contributed by atoms with van der Waals surface area (Å²) in [5, 5.41) is 3.34. The van der Waals surface area contributed by atoms with E-state index in [2.05, 4.69) is 20.3 Å². The van der Waals surface area contributed by atoms with E-state index < -0.39 is 5.69 Å². The van der Waals surface area contributed by atoms with E-state index >= 15 is 0 Å². The molecule has 0 atom stereocenters. The molecule has 43 heavy (non-hydrogen) atoms. The number of nitrogens with zero attached hydrogens (tertiary/aromatic N) is 7. The number of aryl methyl sites for hydroxylation is 2. The molecule has 0 saturated heterocycles. The number of nitrogen functional groups attached to an aromatic ring is 1. The lowest BCUT2D eigenvalue weighted by Gasteiger charge is -2.16. The molecular formula is C30H31N9O3S. The number of hydrogen-bond donors (Lipinski definition) is 2. The van der Waals surface area contributed by atoms with Crippen LogP contribution in [-0.4, -0.2) is 68.5 Å². The van der Waals surface area contributed by atoms with Gasteiger partial charge < -0.3 is 15.5 Å². The van der Waals surface area contributed by atoms with Crippen molar-refractivity contribution in [2.45, 2.75) is 13.8 Å². The number of fused-ring (bicyclic) bond motifs is 1. The Morgan fingerprint density at radius 2 is 1.77 bits per heavy atom. The molecule has 0 radical (unpaired) electrons. The molecule has 5 rings (SSSR count). The quantitative estimate of drug-likeness (QED) is 0.259. The molecule has 2 amide bonds. The topological polar surface area (TPSA) is 144 Å². The molecule has 0 fully saturated rings. The zero-order valence-electron chi connectivity index (χ0n) is 24.4. The first-order valence-electron chi connectivity index (χ1n) is 13.3. The Bertz CT molecular complexity index is 1900. The molecule has 0 saturated carbocycles. The number of hydrogen-bond acceptors (Lipinski definition) is 9. The fraction of sp³-hybridized carbons (Fsp3) is 0.200. The molecule has 0 spiro atoms. The van der Waals surface area contributed by atoms with Crippen LogP contribution in [0.5, 0.6) is 0 Å². The number of aromatic nitrogens is 5. The molecule has 2 aromatic carbocycles. The van der Waals surface area contributed by atoms with Crippen LogP contribution < -0.4 is 21.6 Å². The molecule has 0 unspecified atom stereocenters. The Kier molecular flexibility index (Phi) is 8.19. The van der Waals surface area contributed by atoms with Crippen molar-refractivity contribution in [1.29, 1.82) is 0 Å². The number of carbonyl (C=O) groups is 2. The van der Waals surface area contributed by atoms with Crippen molar-refractivity contribution in [3.63, 3.8) is 0 Å². The smallest absolute Gasteiger partial charge is 0.339 e. The van der Waals surface area contributed by atoms with E-state index in [-0.39, 0.29) is 17.6 Å². The Morgan fingerprint density at radius 3 is 2.44 bits per heavy atom. The van der Waals surface area contributed by atoms with Crippen LogP contribution in [0.2, 0.25) is 0 Å². The molecule has 5 aromatic rings. The second-order valence-electron chi connectivity index (χ2n) is 10.1. The van der Waals surface area contributed by atoms with Crippen LogP contribution in [0.15, 0.2) is 71.8 Å². The van der Waals surface area contributed by atoms with E-state index in [1.165, 1.54) is 37.8 Å². The SMILES string of the molecule is Cc1nc(NC(=O)c2ccc(-n3c(=O)n(-c4cccc(N(C)C(=O)C=CCN(C)C)c4)c4ncnc(N)c43)cc2)sc1C. The third kappa shape index (κ3) is 5.94. The summed E-state index contributed by atoms with van der Waals surface area (Å²) < 4.78 is 2.83. The van der Waals surface area contributed by atoms with Gasteiger partial charge in [-0.1, -0.05) is 12.1 Å². The van der Waals surface area contributed by atoms with E-state index in [4.69, 9.17) is 5.73 Å². The minimum Gasteiger partial charge on any atom is -0.382 e. The Morgan fingerprint density at radius 1 is 1.02 bits per heavy atom. The van der Waals surface area contributed by atoms with Crippen LogP contribution in [0, 0.1) is 13.8 Å². The number of rotatable bonds is 8. The molecule has 3 N–H and O–H groups in total. The summed E-state index contributed by atoms with van der Waals surface area (Å²) in [4.78, 5) is 56.9. The molecule has 3 heterocycles. The lowest BCUT2D eigenvalue weighted by molar-refractivity contribution is -0.113. The van der Waals surface area contributed by atoms with Crippen LogP contribution in [0.25, 0.3) is 22.5 Å². The molecule has 3 aromatic heterocycles. The number of nitrogens with one attached hydrogen (secondary N) is 1. The third-order valence-electron chi connectivity index (χ3n) is 6.82. The highest BCUT2D eigenvalue weighted by molar-refractivity contribution is 7.15. The summed E-state index contributed by atoms with van der Waals surface area (Å²) >= 11 is 1.41. The van der Waals surface area contributed by atoms with E-state index in [1.54, 1.807) is 61.7 Å². The van der Waals surface area contributed by atoms with Gasteiger partial charge in [-0.3, -0.25) is 19.5 Å². The molecule has 12 nitrogen and oxygen atoms in total. The van der Waals surface area contributed by atoms with Crippen molar-refractivity contribution < 1.29 is 9.59 Å². The number of carbonyl (C=O) groups excluding carboxylic acids is 2. The van der Waals surface area contributed by atoms with E-state index in [1.807, 2.05) is 32.8 Å². The summed E-state index contributed by atoms with van der Waals surface area (Å²) in [6.07, 6.45) is 4.60. The lowest BCUT2D eigenvalue weighted by atomic mass is 10.2. The average molecular weight is 598 g/mol. The summed E-state index contributed by atoms with van der Waals surface area (Å²) in [5.74, 6) is -0.402. The largest absolute Gasteiger partial charge is 0.382 e. The van der Waals surface area contributed by atoms with Crippen LogP contribution in [0.1, 0.15) is 20.9 Å². The van der Waals surface area contributed by atoms with Gasteiger partial charge in [-0.05, 0) is 70.4 Å². The summed E-state index contributed by atoms with van der Waals surface area (Å²) in [5.41, 5.74) is 9.26. The van der Waals surface area contributed by atoms with Crippen molar-refractivity contribution in [1.82, 2.24) is 29.0 Å². The monoisotopic (exact) mass is 597 g/mol. The molecule has 0 aliphatic rings. The van der Waals surface area contributed by atoms with Crippen LogP contribution in [0.4, 0.5) is 16.6 Å². The number of anilines is 3. The first kappa shape index (κ1) is 29.4. The minimum atomic E-state index is -0.440. The number of nitrogens with two attached hydrogens (primary N) is 1. The maximum Gasteiger partial charge on any atom is 0.339 e. The lowest BCUT2D eigenvalue weighted by Crippen LogP contribution is -2.25. The Hall–Kier alpha value is -5.14. The number of thiazole rings is 1. The van der Waals surface area contributed by atoms with Gasteiger partial charge in [-0.2, -0.15) is 0 Å². The molecule has 0 aliphatic carbocycles. The maximum absolute atomic E-state index is 14.0. The zero-order valence-corrected chi connectivity index (χ0v) is 25.2. The van der Waals surface area contributed by atoms with Crippen molar-refractivity contribution in [2.24, 2.45) is 0 Å². The van der Waals surface area contributed by atoms with Crippen LogP contribution in [-0.2, 0) is 4.79 Å². The second kappa shape index (κ2) is 12.0. The van der Waals surface area contributed by atoms with Gasteiger partial charge in [0.2, 0.25) is 5.91 Å². The minimum absolute atomic E-state index is 0.117. The number of imidazole rings is 1. The van der Waals surface area contributed by atoms with Crippen molar-refractivity contribution in [3.8, 4) is 11.4 Å². The first-order valence-corrected chi connectivity index (χ1v) is 14.2. The van der Waals surface area contributed by atoms with Crippen LogP contribution >= 0.6 is 11.3 Å². The summed E-state index contributed by atoms with van der Waals surface area (Å²) in [7, 11) is 5.51. The van der Waals surface area contributed by atoms with Gasteiger partial charge in [-0.25, -0.2) is 24.3 Å². The number of amides is 2. The standard InChI is InChI=1S/C30H31N9O3S/c1-18-19(2)43-29(34-18)35-28(41)20-11-13-21(14-12-20)38-25-26(31)32-17-33-27(25)39(30(38)42)23-9-6-8-22(16-23)37(5)24(40)10-7-15-36(3)4/h6-14,16-17H,15H2,1-5H3,(H2,31,32,33)(H,34,35,41). The Balaban J connectivity index is 1.51. The fourth-order valence-electron chi connectivity index (χ4n) is 4.42. The summed E-state index contributed by atoms with van der Waals surface area (Å²) in [6, 6.07) is 13.6. The van der Waals surface area contributed by atoms with Gasteiger partial charge in [0.1, 0.15) is 11.8 Å². The molecule has 220 valence electrons. The van der Waals surface area contributed by atoms with Gasteiger partial charge in [0.15, 0.2) is 16.6 Å². The number of likely N-dealkylation sites (N-methyl/N-ethyl adjacent to an activating group) is 2. The van der Waals surface area contributed by atoms with E-state index in [0.29, 0.717) is 45.5 Å². The van der Waals surface area contributed by atoms with Crippen molar-refractivity contribution in [2.75, 3.05) is 43.6 Å².